The van der Waals surface area contributed by atoms with Crippen molar-refractivity contribution in [3.63, 3.8) is 0 Å². The fourth-order valence-electron chi connectivity index (χ4n) is 2.19. The van der Waals surface area contributed by atoms with Gasteiger partial charge in [-0.2, -0.15) is 13.5 Å². The summed E-state index contributed by atoms with van der Waals surface area (Å²) in [6, 6.07) is 4.70. The first-order chi connectivity index (χ1) is 13.6. The molecule has 3 atom stereocenters. The molecule has 158 valence electrons. The lowest BCUT2D eigenvalue weighted by Gasteiger charge is -2.18. The molecule has 1 fully saturated rings. The van der Waals surface area contributed by atoms with Crippen molar-refractivity contribution in [1.82, 2.24) is 15.0 Å². The van der Waals surface area contributed by atoms with Crippen molar-refractivity contribution in [2.75, 3.05) is 13.7 Å². The van der Waals surface area contributed by atoms with E-state index in [1.165, 1.54) is 37.4 Å². The molecule has 1 aliphatic rings. The Balaban J connectivity index is 2.06. The third kappa shape index (κ3) is 5.36. The minimum atomic E-state index is -4.10. The fraction of sp³-hybridized carbons (Fsp3) is 0.312. The second-order valence-corrected chi connectivity index (χ2v) is 7.69. The summed E-state index contributed by atoms with van der Waals surface area (Å²) in [4.78, 5) is 25.8. The van der Waals surface area contributed by atoms with Gasteiger partial charge in [0.1, 0.15) is 24.0 Å². The average molecular weight is 428 g/mol. The van der Waals surface area contributed by atoms with Gasteiger partial charge in [0, 0.05) is 7.05 Å². The molecule has 0 saturated carbocycles. The van der Waals surface area contributed by atoms with Gasteiger partial charge in [-0.3, -0.25) is 9.69 Å². The fourth-order valence-corrected chi connectivity index (χ4v) is 2.99. The third-order valence-corrected chi connectivity index (χ3v) is 5.15. The van der Waals surface area contributed by atoms with E-state index in [1.807, 2.05) is 4.83 Å². The van der Waals surface area contributed by atoms with Crippen molar-refractivity contribution in [3.8, 4) is 0 Å². The van der Waals surface area contributed by atoms with Crippen LogP contribution in [0.15, 0.2) is 40.0 Å². The molecule has 1 aliphatic heterocycles. The van der Waals surface area contributed by atoms with Crippen molar-refractivity contribution >= 4 is 34.3 Å². The molecule has 1 saturated heterocycles. The molecule has 13 heteroatoms. The van der Waals surface area contributed by atoms with Crippen LogP contribution in [0.25, 0.3) is 6.08 Å². The lowest BCUT2D eigenvalue weighted by molar-refractivity contribution is -0.121. The second kappa shape index (κ2) is 9.11. The normalized spacial score (nSPS) is 19.5. The number of nitrogens with zero attached hydrogens (tertiary/aromatic N) is 2. The van der Waals surface area contributed by atoms with Crippen LogP contribution in [0.1, 0.15) is 5.56 Å². The summed E-state index contributed by atoms with van der Waals surface area (Å²) >= 11 is 0. The van der Waals surface area contributed by atoms with E-state index < -0.39 is 46.9 Å². The SMILES string of the molecule is CN1C(=O)N/C(=C\c2ccc(S(=O)(=O)N/N=C/C(O)C(O)C(O)CO)cc2)C1=O. The maximum Gasteiger partial charge on any atom is 0.328 e. The van der Waals surface area contributed by atoms with Gasteiger partial charge in [-0.05, 0) is 23.8 Å². The molecule has 3 unspecified atom stereocenters. The van der Waals surface area contributed by atoms with Gasteiger partial charge < -0.3 is 25.7 Å². The number of sulfonamides is 1. The molecular weight excluding hydrogens is 408 g/mol. The quantitative estimate of drug-likeness (QED) is 0.114. The standard InChI is InChI=1S/C16H20N4O8S/c1-20-15(25)11(18-16(20)26)6-9-2-4-10(5-3-9)29(27,28)19-17-7-12(22)14(24)13(23)8-21/h2-7,12-14,19,21-24H,8H2,1H3,(H,18,26)/b11-6-,17-7+. The average Bonchev–Trinajstić information content (AvgIpc) is 2.93. The number of urea groups is 1. The molecule has 1 heterocycles. The van der Waals surface area contributed by atoms with Crippen LogP contribution >= 0.6 is 0 Å². The zero-order valence-electron chi connectivity index (χ0n) is 15.1. The van der Waals surface area contributed by atoms with Crippen molar-refractivity contribution in [3.05, 3.63) is 35.5 Å². The van der Waals surface area contributed by atoms with Crippen molar-refractivity contribution in [1.29, 1.82) is 0 Å². The molecule has 12 nitrogen and oxygen atoms in total. The summed E-state index contributed by atoms with van der Waals surface area (Å²) in [5.74, 6) is -0.519. The Labute approximate surface area is 165 Å². The molecule has 0 radical (unpaired) electrons. The van der Waals surface area contributed by atoms with Gasteiger partial charge in [0.2, 0.25) is 0 Å². The number of hydrogen-bond acceptors (Lipinski definition) is 9. The molecule has 1 aromatic carbocycles. The highest BCUT2D eigenvalue weighted by Gasteiger charge is 2.30. The topological polar surface area (TPSA) is 189 Å². The number of amides is 3. The highest BCUT2D eigenvalue weighted by molar-refractivity contribution is 7.89. The summed E-state index contributed by atoms with van der Waals surface area (Å²) in [6.45, 7) is -0.800. The molecule has 0 aliphatic carbocycles. The van der Waals surface area contributed by atoms with E-state index in [-0.39, 0.29) is 10.6 Å². The molecule has 1 aromatic rings. The number of carbonyl (C=O) groups excluding carboxylic acids is 2. The lowest BCUT2D eigenvalue weighted by atomic mass is 10.1. The van der Waals surface area contributed by atoms with Gasteiger partial charge in [0.25, 0.3) is 15.9 Å². The number of aliphatic hydroxyl groups excluding tert-OH is 4. The number of likely N-dealkylation sites (N-methyl/N-ethyl adjacent to an activating group) is 1. The van der Waals surface area contributed by atoms with Crippen molar-refractivity contribution in [2.45, 2.75) is 23.2 Å². The van der Waals surface area contributed by atoms with Crippen LogP contribution in [0.3, 0.4) is 0 Å². The van der Waals surface area contributed by atoms with E-state index in [1.54, 1.807) is 0 Å². The first-order valence-corrected chi connectivity index (χ1v) is 9.66. The van der Waals surface area contributed by atoms with Gasteiger partial charge in [0.15, 0.2) is 0 Å². The maximum atomic E-state index is 12.2. The molecule has 6 N–H and O–H groups in total. The highest BCUT2D eigenvalue weighted by atomic mass is 32.2. The first kappa shape index (κ1) is 22.4. The van der Waals surface area contributed by atoms with Crippen LogP contribution in [0.4, 0.5) is 4.79 Å². The Morgan fingerprint density at radius 2 is 1.83 bits per heavy atom. The number of aliphatic hydroxyl groups is 4. The minimum Gasteiger partial charge on any atom is -0.394 e. The monoisotopic (exact) mass is 428 g/mol. The Morgan fingerprint density at radius 1 is 1.21 bits per heavy atom. The molecule has 29 heavy (non-hydrogen) atoms. The predicted octanol–water partition coefficient (Wildman–Crippen LogP) is -2.45. The van der Waals surface area contributed by atoms with E-state index in [4.69, 9.17) is 5.11 Å². The van der Waals surface area contributed by atoms with Crippen LogP contribution in [-0.4, -0.2) is 83.9 Å². The largest absolute Gasteiger partial charge is 0.394 e. The minimum absolute atomic E-state index is 0.0495. The van der Waals surface area contributed by atoms with E-state index in [9.17, 15) is 33.3 Å². The summed E-state index contributed by atoms with van der Waals surface area (Å²) in [5, 5.41) is 42.6. The Hall–Kier alpha value is -2.84. The van der Waals surface area contributed by atoms with Crippen molar-refractivity contribution in [2.24, 2.45) is 5.10 Å². The predicted molar refractivity (Wildman–Crippen MR) is 99.6 cm³/mol. The summed E-state index contributed by atoms with van der Waals surface area (Å²) in [5.41, 5.74) is 0.511. The zero-order valence-corrected chi connectivity index (χ0v) is 15.9. The summed E-state index contributed by atoms with van der Waals surface area (Å²) in [6.07, 6.45) is -3.05. The van der Waals surface area contributed by atoms with Crippen molar-refractivity contribution < 1.29 is 38.4 Å². The van der Waals surface area contributed by atoms with Gasteiger partial charge in [-0.15, -0.1) is 0 Å². The van der Waals surface area contributed by atoms with Gasteiger partial charge in [-0.25, -0.2) is 9.63 Å². The third-order valence-electron chi connectivity index (χ3n) is 3.91. The second-order valence-electron chi connectivity index (χ2n) is 6.03. The number of hydrazone groups is 1. The lowest BCUT2D eigenvalue weighted by Crippen LogP contribution is -2.40. The van der Waals surface area contributed by atoms with Crippen LogP contribution in [0.5, 0.6) is 0 Å². The smallest absolute Gasteiger partial charge is 0.328 e. The van der Waals surface area contributed by atoms with E-state index >= 15 is 0 Å². The molecule has 0 aromatic heterocycles. The van der Waals surface area contributed by atoms with E-state index in [2.05, 4.69) is 10.4 Å². The summed E-state index contributed by atoms with van der Waals surface area (Å²) in [7, 11) is -2.78. The van der Waals surface area contributed by atoms with Gasteiger partial charge >= 0.3 is 6.03 Å². The molecular formula is C16H20N4O8S. The molecule has 0 spiro atoms. The van der Waals surface area contributed by atoms with Crippen LogP contribution in [0, 0.1) is 0 Å². The first-order valence-electron chi connectivity index (χ1n) is 8.17. The zero-order chi connectivity index (χ0) is 21.8. The van der Waals surface area contributed by atoms with Crippen LogP contribution in [-0.2, 0) is 14.8 Å². The number of benzene rings is 1. The molecule has 3 amide bonds. The number of rotatable bonds is 8. The van der Waals surface area contributed by atoms with Crippen LogP contribution in [0.2, 0.25) is 0 Å². The number of hydrogen-bond donors (Lipinski definition) is 6. The van der Waals surface area contributed by atoms with E-state index in [0.717, 1.165) is 4.90 Å². The Morgan fingerprint density at radius 3 is 2.34 bits per heavy atom. The Bertz CT molecular complexity index is 929. The molecule has 2 rings (SSSR count). The van der Waals surface area contributed by atoms with Crippen LogP contribution < -0.4 is 10.1 Å². The number of nitrogens with one attached hydrogen (secondary N) is 2. The number of imide groups is 1. The van der Waals surface area contributed by atoms with E-state index in [0.29, 0.717) is 11.8 Å². The van der Waals surface area contributed by atoms with Gasteiger partial charge in [-0.1, -0.05) is 12.1 Å². The molecule has 0 bridgehead atoms. The van der Waals surface area contributed by atoms with Gasteiger partial charge in [0.05, 0.1) is 17.7 Å². The Kier molecular flexibility index (Phi) is 7.05. The highest BCUT2D eigenvalue weighted by Crippen LogP contribution is 2.15. The number of carbonyl (C=O) groups is 2. The maximum absolute atomic E-state index is 12.2. The summed E-state index contributed by atoms with van der Waals surface area (Å²) < 4.78 is 24.4.